The molecule has 182 valence electrons. The van der Waals surface area contributed by atoms with Crippen molar-refractivity contribution in [3.63, 3.8) is 0 Å². The summed E-state index contributed by atoms with van der Waals surface area (Å²) in [5, 5.41) is 7.61. The zero-order chi connectivity index (χ0) is 24.5. The number of carbonyl (C=O) groups excluding carboxylic acids is 1. The summed E-state index contributed by atoms with van der Waals surface area (Å²) in [5.41, 5.74) is 2.31. The number of carbonyl (C=O) groups is 1. The molecule has 35 heavy (non-hydrogen) atoms. The Labute approximate surface area is 208 Å². The number of thiophene rings is 1. The smallest absolute Gasteiger partial charge is 0.264 e. The number of aromatic nitrogens is 4. The van der Waals surface area contributed by atoms with Gasteiger partial charge in [-0.3, -0.25) is 4.79 Å². The molecule has 4 aromatic rings. The number of benzene rings is 1. The third kappa shape index (κ3) is 4.52. The standard InChI is InChI=1S/C26H29FN6OS/c1-4-6-17(2)23-28-24(31-12-14-32(15-13-31)26(34)21-7-5-16-35-21)22-18(3)30-33(25(22)29-23)20-10-8-19(27)9-11-20/h5,7-11,16-17H,4,6,12-15H2,1-3H3. The summed E-state index contributed by atoms with van der Waals surface area (Å²) in [4.78, 5) is 27.7. The highest BCUT2D eigenvalue weighted by atomic mass is 32.1. The molecule has 3 aromatic heterocycles. The molecule has 9 heteroatoms. The van der Waals surface area contributed by atoms with Crippen molar-refractivity contribution in [2.75, 3.05) is 31.1 Å². The van der Waals surface area contributed by atoms with E-state index in [1.807, 2.05) is 29.3 Å². The van der Waals surface area contributed by atoms with Crippen molar-refractivity contribution in [2.45, 2.75) is 39.5 Å². The molecular formula is C26H29FN6OS. The number of nitrogens with zero attached hydrogens (tertiary/aromatic N) is 6. The van der Waals surface area contributed by atoms with E-state index in [0.717, 1.165) is 51.8 Å². The molecule has 0 spiro atoms. The highest BCUT2D eigenvalue weighted by Gasteiger charge is 2.28. The Kier molecular flexibility index (Phi) is 6.51. The maximum Gasteiger partial charge on any atom is 0.264 e. The van der Waals surface area contributed by atoms with Crippen LogP contribution in [0.3, 0.4) is 0 Å². The zero-order valence-electron chi connectivity index (χ0n) is 20.2. The van der Waals surface area contributed by atoms with E-state index < -0.39 is 0 Å². The second-order valence-corrected chi connectivity index (χ2v) is 9.97. The van der Waals surface area contributed by atoms with Crippen molar-refractivity contribution in [1.82, 2.24) is 24.6 Å². The molecule has 1 atom stereocenters. The second-order valence-electron chi connectivity index (χ2n) is 9.02. The molecule has 1 aliphatic rings. The summed E-state index contributed by atoms with van der Waals surface area (Å²) in [6.45, 7) is 8.91. The van der Waals surface area contributed by atoms with Crippen LogP contribution in [0, 0.1) is 12.7 Å². The lowest BCUT2D eigenvalue weighted by molar-refractivity contribution is 0.0751. The number of piperazine rings is 1. The maximum atomic E-state index is 13.6. The lowest BCUT2D eigenvalue weighted by Crippen LogP contribution is -2.49. The van der Waals surface area contributed by atoms with E-state index in [9.17, 15) is 9.18 Å². The van der Waals surface area contributed by atoms with Crippen LogP contribution in [0.1, 0.15) is 53.8 Å². The first-order valence-corrected chi connectivity index (χ1v) is 12.9. The molecule has 1 fully saturated rings. The van der Waals surface area contributed by atoms with E-state index in [1.165, 1.54) is 23.5 Å². The fraction of sp³-hybridized carbons (Fsp3) is 0.385. The number of aryl methyl sites for hydroxylation is 1. The van der Waals surface area contributed by atoms with Gasteiger partial charge in [-0.15, -0.1) is 11.3 Å². The van der Waals surface area contributed by atoms with Gasteiger partial charge < -0.3 is 9.80 Å². The van der Waals surface area contributed by atoms with Crippen LogP contribution in [0.4, 0.5) is 10.2 Å². The average molecular weight is 493 g/mol. The van der Waals surface area contributed by atoms with Gasteiger partial charge in [0.1, 0.15) is 17.5 Å². The predicted molar refractivity (Wildman–Crippen MR) is 137 cm³/mol. The quantitative estimate of drug-likeness (QED) is 0.371. The van der Waals surface area contributed by atoms with Crippen LogP contribution in [0.25, 0.3) is 16.7 Å². The Hall–Kier alpha value is -3.33. The number of fused-ring (bicyclic) bond motifs is 1. The second kappa shape index (κ2) is 9.73. The van der Waals surface area contributed by atoms with Crippen LogP contribution in [0.15, 0.2) is 41.8 Å². The van der Waals surface area contributed by atoms with E-state index in [2.05, 4.69) is 18.7 Å². The Bertz CT molecular complexity index is 1330. The first-order chi connectivity index (χ1) is 17.0. The van der Waals surface area contributed by atoms with Gasteiger partial charge in [0.05, 0.1) is 21.6 Å². The monoisotopic (exact) mass is 492 g/mol. The van der Waals surface area contributed by atoms with Crippen molar-refractivity contribution >= 4 is 34.1 Å². The van der Waals surface area contributed by atoms with Gasteiger partial charge in [0.25, 0.3) is 5.91 Å². The van der Waals surface area contributed by atoms with E-state index in [0.29, 0.717) is 26.2 Å². The van der Waals surface area contributed by atoms with Crippen LogP contribution in [-0.2, 0) is 0 Å². The number of amides is 1. The van der Waals surface area contributed by atoms with Gasteiger partial charge in [-0.1, -0.05) is 26.3 Å². The van der Waals surface area contributed by atoms with Crippen LogP contribution in [0.2, 0.25) is 0 Å². The minimum absolute atomic E-state index is 0.0880. The Morgan fingerprint density at radius 2 is 1.86 bits per heavy atom. The van der Waals surface area contributed by atoms with Crippen LogP contribution < -0.4 is 4.90 Å². The SMILES string of the molecule is CCCC(C)c1nc(N2CCN(C(=O)c3cccs3)CC2)c2c(C)nn(-c3ccc(F)cc3)c2n1. The Morgan fingerprint density at radius 1 is 1.11 bits per heavy atom. The molecule has 4 heterocycles. The minimum atomic E-state index is -0.288. The molecule has 0 saturated carbocycles. The van der Waals surface area contributed by atoms with Crippen molar-refractivity contribution in [3.05, 3.63) is 64.0 Å². The minimum Gasteiger partial charge on any atom is -0.352 e. The molecule has 1 aromatic carbocycles. The molecule has 1 saturated heterocycles. The molecule has 5 rings (SSSR count). The van der Waals surface area contributed by atoms with Crippen molar-refractivity contribution in [3.8, 4) is 5.69 Å². The Morgan fingerprint density at radius 3 is 2.51 bits per heavy atom. The highest BCUT2D eigenvalue weighted by molar-refractivity contribution is 7.12. The van der Waals surface area contributed by atoms with Crippen LogP contribution in [0.5, 0.6) is 0 Å². The summed E-state index contributed by atoms with van der Waals surface area (Å²) in [7, 11) is 0. The molecule has 0 aliphatic carbocycles. The number of rotatable bonds is 6. The fourth-order valence-corrected chi connectivity index (χ4v) is 5.32. The average Bonchev–Trinajstić information content (AvgIpc) is 3.53. The number of hydrogen-bond acceptors (Lipinski definition) is 6. The third-order valence-corrected chi connectivity index (χ3v) is 7.39. The fourth-order valence-electron chi connectivity index (χ4n) is 4.63. The summed E-state index contributed by atoms with van der Waals surface area (Å²) >= 11 is 1.48. The molecule has 1 aliphatic heterocycles. The predicted octanol–water partition coefficient (Wildman–Crippen LogP) is 5.19. The number of halogens is 1. The molecule has 7 nitrogen and oxygen atoms in total. The van der Waals surface area contributed by atoms with E-state index in [4.69, 9.17) is 15.1 Å². The van der Waals surface area contributed by atoms with Crippen LogP contribution in [-0.4, -0.2) is 56.7 Å². The summed E-state index contributed by atoms with van der Waals surface area (Å²) in [6, 6.07) is 10.1. The van der Waals surface area contributed by atoms with E-state index in [-0.39, 0.29) is 17.6 Å². The normalized spacial score (nSPS) is 15.1. The number of hydrogen-bond donors (Lipinski definition) is 0. The lowest BCUT2D eigenvalue weighted by atomic mass is 10.1. The summed E-state index contributed by atoms with van der Waals surface area (Å²) in [5.74, 6) is 1.65. The Balaban J connectivity index is 1.53. The number of anilines is 1. The first-order valence-electron chi connectivity index (χ1n) is 12.1. The summed E-state index contributed by atoms with van der Waals surface area (Å²) < 4.78 is 15.4. The van der Waals surface area contributed by atoms with Crippen molar-refractivity contribution < 1.29 is 9.18 Å². The van der Waals surface area contributed by atoms with Gasteiger partial charge in [0.15, 0.2) is 5.65 Å². The lowest BCUT2D eigenvalue weighted by Gasteiger charge is -2.35. The summed E-state index contributed by atoms with van der Waals surface area (Å²) in [6.07, 6.45) is 2.02. The van der Waals surface area contributed by atoms with Gasteiger partial charge >= 0.3 is 0 Å². The zero-order valence-corrected chi connectivity index (χ0v) is 21.1. The molecule has 1 amide bonds. The maximum absolute atomic E-state index is 13.6. The highest BCUT2D eigenvalue weighted by Crippen LogP contribution is 2.32. The third-order valence-electron chi connectivity index (χ3n) is 6.53. The first kappa shape index (κ1) is 23.4. The molecule has 0 bridgehead atoms. The van der Waals surface area contributed by atoms with E-state index >= 15 is 0 Å². The van der Waals surface area contributed by atoms with E-state index in [1.54, 1.807) is 16.8 Å². The van der Waals surface area contributed by atoms with Gasteiger partial charge in [-0.2, -0.15) is 5.10 Å². The van der Waals surface area contributed by atoms with Gasteiger partial charge in [0, 0.05) is 32.1 Å². The van der Waals surface area contributed by atoms with Gasteiger partial charge in [-0.25, -0.2) is 19.0 Å². The van der Waals surface area contributed by atoms with Crippen LogP contribution >= 0.6 is 11.3 Å². The topological polar surface area (TPSA) is 67.2 Å². The molecule has 0 N–H and O–H groups in total. The largest absolute Gasteiger partial charge is 0.352 e. The van der Waals surface area contributed by atoms with Gasteiger partial charge in [-0.05, 0) is 49.1 Å². The van der Waals surface area contributed by atoms with Gasteiger partial charge in [0.2, 0.25) is 0 Å². The van der Waals surface area contributed by atoms with Crippen molar-refractivity contribution in [2.24, 2.45) is 0 Å². The molecular weight excluding hydrogens is 463 g/mol. The van der Waals surface area contributed by atoms with Crippen molar-refractivity contribution in [1.29, 1.82) is 0 Å². The molecule has 0 radical (unpaired) electrons. The molecule has 1 unspecified atom stereocenters.